The van der Waals surface area contributed by atoms with Crippen molar-refractivity contribution in [2.75, 3.05) is 13.2 Å². The Morgan fingerprint density at radius 3 is 2.10 bits per heavy atom. The second-order valence-corrected chi connectivity index (χ2v) is 10.6. The number of benzene rings is 2. The summed E-state index contributed by atoms with van der Waals surface area (Å²) in [5.74, 6) is 0.895. The van der Waals surface area contributed by atoms with Gasteiger partial charge in [0.15, 0.2) is 5.78 Å². The first-order valence-electron chi connectivity index (χ1n) is 15.5. The SMILES string of the molecule is CCCCCCCC(=O)NC(CO)C/C=C/CCCCCCCCCOc1ccc(C(=O)c2ccccc2)cc1. The minimum atomic E-state index is -0.174. The molecular formula is C35H51NO4. The van der Waals surface area contributed by atoms with Gasteiger partial charge in [-0.2, -0.15) is 0 Å². The van der Waals surface area contributed by atoms with Crippen molar-refractivity contribution in [3.05, 3.63) is 77.9 Å². The number of aliphatic hydroxyl groups is 1. The van der Waals surface area contributed by atoms with Gasteiger partial charge >= 0.3 is 0 Å². The van der Waals surface area contributed by atoms with Crippen LogP contribution >= 0.6 is 0 Å². The predicted octanol–water partition coefficient (Wildman–Crippen LogP) is 8.20. The largest absolute Gasteiger partial charge is 0.494 e. The highest BCUT2D eigenvalue weighted by atomic mass is 16.5. The molecule has 0 radical (unpaired) electrons. The Bertz CT molecular complexity index is 955. The number of carbonyl (C=O) groups excluding carboxylic acids is 2. The topological polar surface area (TPSA) is 75.6 Å². The van der Waals surface area contributed by atoms with Gasteiger partial charge in [-0.1, -0.05) is 107 Å². The molecule has 0 aliphatic rings. The Morgan fingerprint density at radius 2 is 1.40 bits per heavy atom. The lowest BCUT2D eigenvalue weighted by atomic mass is 10.0. The molecule has 1 unspecified atom stereocenters. The number of hydrogen-bond acceptors (Lipinski definition) is 4. The van der Waals surface area contributed by atoms with Crippen molar-refractivity contribution in [3.8, 4) is 5.75 Å². The van der Waals surface area contributed by atoms with E-state index in [0.29, 0.717) is 30.6 Å². The third-order valence-corrected chi connectivity index (χ3v) is 7.12. The average molecular weight is 550 g/mol. The fraction of sp³-hybridized carbons (Fsp3) is 0.543. The van der Waals surface area contributed by atoms with Gasteiger partial charge in [0.05, 0.1) is 19.3 Å². The van der Waals surface area contributed by atoms with Gasteiger partial charge in [-0.25, -0.2) is 0 Å². The quantitative estimate of drug-likeness (QED) is 0.0832. The maximum atomic E-state index is 12.5. The monoisotopic (exact) mass is 549 g/mol. The summed E-state index contributed by atoms with van der Waals surface area (Å²) in [5.41, 5.74) is 1.38. The third-order valence-electron chi connectivity index (χ3n) is 7.12. The lowest BCUT2D eigenvalue weighted by Gasteiger charge is -2.14. The van der Waals surface area contributed by atoms with Crippen LogP contribution < -0.4 is 10.1 Å². The van der Waals surface area contributed by atoms with Gasteiger partial charge in [-0.3, -0.25) is 9.59 Å². The summed E-state index contributed by atoms with van der Waals surface area (Å²) in [6, 6.07) is 16.6. The molecule has 0 bridgehead atoms. The smallest absolute Gasteiger partial charge is 0.220 e. The van der Waals surface area contributed by atoms with E-state index in [2.05, 4.69) is 24.4 Å². The summed E-state index contributed by atoms with van der Waals surface area (Å²) in [4.78, 5) is 24.5. The molecule has 1 atom stereocenters. The van der Waals surface area contributed by atoms with Gasteiger partial charge in [0.1, 0.15) is 5.75 Å². The van der Waals surface area contributed by atoms with Crippen LogP contribution in [0.4, 0.5) is 0 Å². The molecule has 0 spiro atoms. The van der Waals surface area contributed by atoms with Crippen LogP contribution in [0.3, 0.4) is 0 Å². The molecule has 0 aliphatic heterocycles. The molecule has 40 heavy (non-hydrogen) atoms. The number of unbranched alkanes of at least 4 members (excludes halogenated alkanes) is 11. The van der Waals surface area contributed by atoms with Crippen LogP contribution in [0.2, 0.25) is 0 Å². The van der Waals surface area contributed by atoms with Gasteiger partial charge in [0, 0.05) is 17.5 Å². The number of rotatable bonds is 23. The molecule has 0 fully saturated rings. The van der Waals surface area contributed by atoms with Crippen LogP contribution in [0.5, 0.6) is 5.75 Å². The van der Waals surface area contributed by atoms with E-state index in [-0.39, 0.29) is 24.3 Å². The standard InChI is InChI=1S/C35H51NO4/c1-2-3-4-11-18-23-34(38)36-32(29-37)22-17-12-9-7-5-6-8-10-13-19-28-40-33-26-24-31(25-27-33)35(39)30-20-15-14-16-21-30/h12,14-17,20-21,24-27,32,37H,2-11,13,18-19,22-23,28-29H2,1H3,(H,36,38)/b17-12+. The number of aliphatic hydroxyl groups excluding tert-OH is 1. The number of ketones is 1. The van der Waals surface area contributed by atoms with Crippen molar-refractivity contribution in [2.45, 2.75) is 109 Å². The Morgan fingerprint density at radius 1 is 0.775 bits per heavy atom. The van der Waals surface area contributed by atoms with Crippen molar-refractivity contribution in [1.82, 2.24) is 5.32 Å². The molecular weight excluding hydrogens is 498 g/mol. The first-order chi connectivity index (χ1) is 19.6. The zero-order chi connectivity index (χ0) is 28.7. The Balaban J connectivity index is 1.42. The van der Waals surface area contributed by atoms with Crippen LogP contribution in [-0.2, 0) is 4.79 Å². The van der Waals surface area contributed by atoms with Crippen LogP contribution in [0.1, 0.15) is 119 Å². The van der Waals surface area contributed by atoms with E-state index in [4.69, 9.17) is 4.74 Å². The molecule has 2 aromatic carbocycles. The minimum absolute atomic E-state index is 0.0149. The zero-order valence-corrected chi connectivity index (χ0v) is 24.6. The molecule has 2 rings (SSSR count). The van der Waals surface area contributed by atoms with Crippen LogP contribution in [0, 0.1) is 0 Å². The summed E-state index contributed by atoms with van der Waals surface area (Å²) in [6.45, 7) is 2.87. The molecule has 0 saturated heterocycles. The zero-order valence-electron chi connectivity index (χ0n) is 24.6. The maximum absolute atomic E-state index is 12.5. The second-order valence-electron chi connectivity index (χ2n) is 10.6. The van der Waals surface area contributed by atoms with E-state index in [1.54, 1.807) is 0 Å². The number of amides is 1. The summed E-state index contributed by atoms with van der Waals surface area (Å²) in [5, 5.41) is 12.5. The van der Waals surface area contributed by atoms with Gasteiger partial charge < -0.3 is 15.2 Å². The van der Waals surface area contributed by atoms with Crippen LogP contribution in [-0.4, -0.2) is 36.1 Å². The first-order valence-corrected chi connectivity index (χ1v) is 15.5. The van der Waals surface area contributed by atoms with Gasteiger partial charge in [-0.15, -0.1) is 0 Å². The Kier molecular flexibility index (Phi) is 18.2. The second kappa shape index (κ2) is 21.8. The van der Waals surface area contributed by atoms with Crippen molar-refractivity contribution < 1.29 is 19.4 Å². The van der Waals surface area contributed by atoms with Crippen LogP contribution in [0.15, 0.2) is 66.7 Å². The average Bonchev–Trinajstić information content (AvgIpc) is 2.99. The molecule has 0 aromatic heterocycles. The molecule has 5 heteroatoms. The number of nitrogens with one attached hydrogen (secondary N) is 1. The fourth-order valence-electron chi connectivity index (χ4n) is 4.64. The number of carbonyl (C=O) groups is 2. The van der Waals surface area contributed by atoms with E-state index in [0.717, 1.165) is 37.9 Å². The van der Waals surface area contributed by atoms with E-state index >= 15 is 0 Å². The predicted molar refractivity (Wildman–Crippen MR) is 165 cm³/mol. The summed E-state index contributed by atoms with van der Waals surface area (Å²) < 4.78 is 5.85. The molecule has 0 heterocycles. The fourth-order valence-corrected chi connectivity index (χ4v) is 4.64. The van der Waals surface area contributed by atoms with E-state index in [1.165, 1.54) is 51.4 Å². The van der Waals surface area contributed by atoms with E-state index in [9.17, 15) is 14.7 Å². The van der Waals surface area contributed by atoms with Crippen molar-refractivity contribution in [2.24, 2.45) is 0 Å². The van der Waals surface area contributed by atoms with Crippen LogP contribution in [0.25, 0.3) is 0 Å². The molecule has 1 amide bonds. The summed E-state index contributed by atoms with van der Waals surface area (Å²) in [7, 11) is 0. The Hall–Kier alpha value is -2.92. The lowest BCUT2D eigenvalue weighted by molar-refractivity contribution is -0.122. The Labute approximate surface area is 242 Å². The number of ether oxygens (including phenoxy) is 1. The first kappa shape index (κ1) is 33.3. The summed E-state index contributed by atoms with van der Waals surface area (Å²) >= 11 is 0. The lowest BCUT2D eigenvalue weighted by Crippen LogP contribution is -2.36. The highest BCUT2D eigenvalue weighted by Gasteiger charge is 2.10. The molecule has 220 valence electrons. The maximum Gasteiger partial charge on any atom is 0.220 e. The minimum Gasteiger partial charge on any atom is -0.494 e. The highest BCUT2D eigenvalue weighted by Crippen LogP contribution is 2.16. The van der Waals surface area contributed by atoms with Gasteiger partial charge in [0.25, 0.3) is 0 Å². The third kappa shape index (κ3) is 15.0. The normalized spacial score (nSPS) is 11.9. The number of hydrogen-bond donors (Lipinski definition) is 2. The van der Waals surface area contributed by atoms with Gasteiger partial charge in [0.2, 0.25) is 5.91 Å². The van der Waals surface area contributed by atoms with Crippen molar-refractivity contribution in [1.29, 1.82) is 0 Å². The van der Waals surface area contributed by atoms with Gasteiger partial charge in [-0.05, 0) is 56.4 Å². The molecule has 0 saturated carbocycles. The molecule has 0 aliphatic carbocycles. The molecule has 5 nitrogen and oxygen atoms in total. The van der Waals surface area contributed by atoms with E-state index < -0.39 is 0 Å². The number of allylic oxidation sites excluding steroid dienone is 1. The highest BCUT2D eigenvalue weighted by molar-refractivity contribution is 6.08. The molecule has 2 N–H and O–H groups in total. The van der Waals surface area contributed by atoms with Crippen molar-refractivity contribution >= 4 is 11.7 Å². The molecule has 2 aromatic rings. The summed E-state index contributed by atoms with van der Waals surface area (Å²) in [6.07, 6.45) is 20.6. The van der Waals surface area contributed by atoms with Crippen molar-refractivity contribution in [3.63, 3.8) is 0 Å². The van der Waals surface area contributed by atoms with E-state index in [1.807, 2.05) is 54.6 Å².